The largest absolute Gasteiger partial charge is 0.243 e. The van der Waals surface area contributed by atoms with Gasteiger partial charge in [-0.15, -0.1) is 0 Å². The van der Waals surface area contributed by atoms with E-state index in [9.17, 15) is 8.42 Å². The summed E-state index contributed by atoms with van der Waals surface area (Å²) in [7, 11) is -3.39. The summed E-state index contributed by atoms with van der Waals surface area (Å²) in [6.07, 6.45) is 3.68. The Bertz CT molecular complexity index is 556. The van der Waals surface area contributed by atoms with E-state index in [2.05, 4.69) is 6.58 Å². The lowest BCUT2D eigenvalue weighted by atomic mass is 10.2. The second kappa shape index (κ2) is 4.47. The predicted octanol–water partition coefficient (Wildman–Crippen LogP) is 2.11. The summed E-state index contributed by atoms with van der Waals surface area (Å²) < 4.78 is 26.0. The molecule has 1 heterocycles. The first kappa shape index (κ1) is 12.1. The van der Waals surface area contributed by atoms with Crippen LogP contribution in [0.5, 0.6) is 0 Å². The number of nitrogens with zero attached hydrogens (tertiary/aromatic N) is 1. The molecule has 0 spiro atoms. The van der Waals surface area contributed by atoms with E-state index in [0.717, 1.165) is 11.1 Å². The van der Waals surface area contributed by atoms with Crippen molar-refractivity contribution in [2.24, 2.45) is 0 Å². The van der Waals surface area contributed by atoms with Crippen LogP contribution in [-0.2, 0) is 10.0 Å². The molecule has 1 aliphatic rings. The van der Waals surface area contributed by atoms with Crippen molar-refractivity contribution in [1.82, 2.24) is 4.31 Å². The van der Waals surface area contributed by atoms with Crippen molar-refractivity contribution < 1.29 is 8.42 Å². The molecule has 1 aromatic rings. The van der Waals surface area contributed by atoms with Gasteiger partial charge >= 0.3 is 0 Å². The number of hydrogen-bond acceptors (Lipinski definition) is 2. The van der Waals surface area contributed by atoms with E-state index in [1.54, 1.807) is 12.1 Å². The SMILES string of the molecule is C=C1C=CCN(S(=O)(=O)c2ccc(C)cc2)C1. The Morgan fingerprint density at radius 2 is 1.88 bits per heavy atom. The number of sulfonamides is 1. The molecule has 0 atom stereocenters. The van der Waals surface area contributed by atoms with Crippen LogP contribution < -0.4 is 0 Å². The highest BCUT2D eigenvalue weighted by Crippen LogP contribution is 2.19. The van der Waals surface area contributed by atoms with E-state index in [-0.39, 0.29) is 0 Å². The highest BCUT2D eigenvalue weighted by Gasteiger charge is 2.24. The Labute approximate surface area is 102 Å². The van der Waals surface area contributed by atoms with Crippen molar-refractivity contribution in [3.63, 3.8) is 0 Å². The normalized spacial score (nSPS) is 17.4. The van der Waals surface area contributed by atoms with Gasteiger partial charge in [0.05, 0.1) is 4.90 Å². The summed E-state index contributed by atoms with van der Waals surface area (Å²) in [5.74, 6) is 0. The van der Waals surface area contributed by atoms with E-state index in [1.165, 1.54) is 4.31 Å². The molecule has 0 saturated heterocycles. The molecule has 1 aromatic carbocycles. The third-order valence-electron chi connectivity index (χ3n) is 2.70. The second-order valence-corrected chi connectivity index (χ2v) is 6.11. The van der Waals surface area contributed by atoms with E-state index in [1.807, 2.05) is 31.2 Å². The van der Waals surface area contributed by atoms with Crippen LogP contribution >= 0.6 is 0 Å². The molecule has 2 rings (SSSR count). The second-order valence-electron chi connectivity index (χ2n) is 4.17. The summed E-state index contributed by atoms with van der Waals surface area (Å²) in [5.41, 5.74) is 1.86. The Morgan fingerprint density at radius 3 is 2.47 bits per heavy atom. The van der Waals surface area contributed by atoms with Crippen molar-refractivity contribution in [2.45, 2.75) is 11.8 Å². The Hall–Kier alpha value is -1.39. The first-order valence-electron chi connectivity index (χ1n) is 5.41. The molecular weight excluding hydrogens is 234 g/mol. The first-order valence-corrected chi connectivity index (χ1v) is 6.85. The van der Waals surface area contributed by atoms with Gasteiger partial charge in [0.25, 0.3) is 0 Å². The van der Waals surface area contributed by atoms with Gasteiger partial charge in [-0.3, -0.25) is 0 Å². The van der Waals surface area contributed by atoms with Gasteiger partial charge in [-0.2, -0.15) is 4.31 Å². The Morgan fingerprint density at radius 1 is 1.24 bits per heavy atom. The lowest BCUT2D eigenvalue weighted by Gasteiger charge is -2.23. The molecule has 3 nitrogen and oxygen atoms in total. The Kier molecular flexibility index (Phi) is 3.17. The maximum Gasteiger partial charge on any atom is 0.243 e. The van der Waals surface area contributed by atoms with Gasteiger partial charge in [-0.25, -0.2) is 8.42 Å². The summed E-state index contributed by atoms with van der Waals surface area (Å²) >= 11 is 0. The highest BCUT2D eigenvalue weighted by atomic mass is 32.2. The minimum Gasteiger partial charge on any atom is -0.207 e. The van der Waals surface area contributed by atoms with E-state index < -0.39 is 10.0 Å². The third-order valence-corrected chi connectivity index (χ3v) is 4.53. The monoisotopic (exact) mass is 249 g/mol. The van der Waals surface area contributed by atoms with Gasteiger partial charge in [0.2, 0.25) is 10.0 Å². The van der Waals surface area contributed by atoms with E-state index in [0.29, 0.717) is 18.0 Å². The summed E-state index contributed by atoms with van der Waals surface area (Å²) in [6, 6.07) is 6.90. The van der Waals surface area contributed by atoms with Gasteiger partial charge in [0.15, 0.2) is 0 Å². The quantitative estimate of drug-likeness (QED) is 0.805. The van der Waals surface area contributed by atoms with Crippen LogP contribution in [0.25, 0.3) is 0 Å². The third kappa shape index (κ3) is 2.48. The van der Waals surface area contributed by atoms with Gasteiger partial charge in [0.1, 0.15) is 0 Å². The topological polar surface area (TPSA) is 37.4 Å². The molecule has 0 aliphatic carbocycles. The fraction of sp³-hybridized carbons (Fsp3) is 0.231. The van der Waals surface area contributed by atoms with Crippen LogP contribution in [0.4, 0.5) is 0 Å². The minimum atomic E-state index is -3.39. The smallest absolute Gasteiger partial charge is 0.207 e. The lowest BCUT2D eigenvalue weighted by Crippen LogP contribution is -2.34. The van der Waals surface area contributed by atoms with Gasteiger partial charge in [-0.1, -0.05) is 36.4 Å². The number of rotatable bonds is 2. The molecule has 0 aromatic heterocycles. The van der Waals surface area contributed by atoms with Crippen LogP contribution in [0.2, 0.25) is 0 Å². The van der Waals surface area contributed by atoms with Crippen LogP contribution in [0.15, 0.2) is 53.5 Å². The van der Waals surface area contributed by atoms with Gasteiger partial charge in [-0.05, 0) is 24.6 Å². The van der Waals surface area contributed by atoms with Gasteiger partial charge in [0, 0.05) is 13.1 Å². The van der Waals surface area contributed by atoms with E-state index in [4.69, 9.17) is 0 Å². The maximum atomic E-state index is 12.3. The summed E-state index contributed by atoms with van der Waals surface area (Å²) in [6.45, 7) is 6.50. The van der Waals surface area contributed by atoms with Crippen molar-refractivity contribution in [3.8, 4) is 0 Å². The van der Waals surface area contributed by atoms with Crippen LogP contribution in [0, 0.1) is 6.92 Å². The van der Waals surface area contributed by atoms with Crippen molar-refractivity contribution in [1.29, 1.82) is 0 Å². The van der Waals surface area contributed by atoms with Crippen molar-refractivity contribution >= 4 is 10.0 Å². The van der Waals surface area contributed by atoms with Crippen LogP contribution in [0.1, 0.15) is 5.56 Å². The fourth-order valence-electron chi connectivity index (χ4n) is 1.72. The molecule has 0 fully saturated rings. The molecule has 90 valence electrons. The van der Waals surface area contributed by atoms with Crippen molar-refractivity contribution in [2.75, 3.05) is 13.1 Å². The predicted molar refractivity (Wildman–Crippen MR) is 68.2 cm³/mol. The molecule has 0 N–H and O–H groups in total. The molecule has 0 amide bonds. The molecule has 4 heteroatoms. The molecular formula is C13H15NO2S. The van der Waals surface area contributed by atoms with Crippen LogP contribution in [0.3, 0.4) is 0 Å². The molecule has 0 radical (unpaired) electrons. The van der Waals surface area contributed by atoms with Crippen LogP contribution in [-0.4, -0.2) is 25.8 Å². The maximum absolute atomic E-state index is 12.3. The lowest BCUT2D eigenvalue weighted by molar-refractivity contribution is 0.463. The average Bonchev–Trinajstić information content (AvgIpc) is 2.29. The number of benzene rings is 1. The molecule has 0 saturated carbocycles. The zero-order chi connectivity index (χ0) is 12.5. The molecule has 0 bridgehead atoms. The zero-order valence-corrected chi connectivity index (χ0v) is 10.6. The number of aryl methyl sites for hydroxylation is 1. The van der Waals surface area contributed by atoms with Crippen molar-refractivity contribution in [3.05, 3.63) is 54.1 Å². The zero-order valence-electron chi connectivity index (χ0n) is 9.76. The fourth-order valence-corrected chi connectivity index (χ4v) is 3.12. The summed E-state index contributed by atoms with van der Waals surface area (Å²) in [5, 5.41) is 0. The van der Waals surface area contributed by atoms with Gasteiger partial charge < -0.3 is 0 Å². The average molecular weight is 249 g/mol. The number of hydrogen-bond donors (Lipinski definition) is 0. The van der Waals surface area contributed by atoms with E-state index >= 15 is 0 Å². The molecule has 1 aliphatic heterocycles. The minimum absolute atomic E-state index is 0.339. The summed E-state index contributed by atoms with van der Waals surface area (Å²) in [4.78, 5) is 0.339. The first-order chi connectivity index (χ1) is 8.00. The molecule has 17 heavy (non-hydrogen) atoms. The Balaban J connectivity index is 2.33. The standard InChI is InChI=1S/C13H15NO2S/c1-11-5-7-13(8-6-11)17(15,16)14-9-3-4-12(2)10-14/h3-8H,2,9-10H2,1H3. The molecule has 0 unspecified atom stereocenters. The highest BCUT2D eigenvalue weighted by molar-refractivity contribution is 7.89.